The SMILES string of the molecule is Cc1nc(C2CCCCC2)ncc1CCl. The Morgan fingerprint density at radius 3 is 2.67 bits per heavy atom. The number of halogens is 1. The van der Waals surface area contributed by atoms with E-state index in [0.29, 0.717) is 11.8 Å². The summed E-state index contributed by atoms with van der Waals surface area (Å²) in [6, 6.07) is 0. The summed E-state index contributed by atoms with van der Waals surface area (Å²) in [5.74, 6) is 2.12. The molecule has 1 aromatic rings. The van der Waals surface area contributed by atoms with E-state index in [4.69, 9.17) is 11.6 Å². The second-order valence-corrected chi connectivity index (χ2v) is 4.57. The van der Waals surface area contributed by atoms with Gasteiger partial charge in [0.25, 0.3) is 0 Å². The average molecular weight is 225 g/mol. The Labute approximate surface area is 96.1 Å². The largest absolute Gasteiger partial charge is 0.241 e. The van der Waals surface area contributed by atoms with Crippen molar-refractivity contribution in [1.82, 2.24) is 9.97 Å². The first-order chi connectivity index (χ1) is 7.31. The lowest BCUT2D eigenvalue weighted by Crippen LogP contribution is -2.10. The fourth-order valence-corrected chi connectivity index (χ4v) is 2.46. The van der Waals surface area contributed by atoms with Gasteiger partial charge in [-0.15, -0.1) is 11.6 Å². The van der Waals surface area contributed by atoms with Crippen LogP contribution in [0.3, 0.4) is 0 Å². The predicted molar refractivity (Wildman–Crippen MR) is 62.2 cm³/mol. The van der Waals surface area contributed by atoms with E-state index in [0.717, 1.165) is 17.1 Å². The number of rotatable bonds is 2. The minimum atomic E-state index is 0.511. The van der Waals surface area contributed by atoms with E-state index in [9.17, 15) is 0 Å². The van der Waals surface area contributed by atoms with Gasteiger partial charge in [0.2, 0.25) is 0 Å². The second-order valence-electron chi connectivity index (χ2n) is 4.31. The highest BCUT2D eigenvalue weighted by Crippen LogP contribution is 2.30. The van der Waals surface area contributed by atoms with Crippen molar-refractivity contribution < 1.29 is 0 Å². The molecule has 1 heterocycles. The molecule has 0 amide bonds. The minimum Gasteiger partial charge on any atom is -0.241 e. The third-order valence-electron chi connectivity index (χ3n) is 3.21. The van der Waals surface area contributed by atoms with Crippen molar-refractivity contribution in [2.45, 2.75) is 50.8 Å². The monoisotopic (exact) mass is 224 g/mol. The number of hydrogen-bond donors (Lipinski definition) is 0. The van der Waals surface area contributed by atoms with E-state index in [1.807, 2.05) is 13.1 Å². The highest BCUT2D eigenvalue weighted by molar-refractivity contribution is 6.17. The molecule has 0 bridgehead atoms. The molecule has 1 aliphatic rings. The molecule has 0 spiro atoms. The molecule has 15 heavy (non-hydrogen) atoms. The Balaban J connectivity index is 2.17. The van der Waals surface area contributed by atoms with Crippen LogP contribution in [0.4, 0.5) is 0 Å². The van der Waals surface area contributed by atoms with E-state index in [1.54, 1.807) is 0 Å². The smallest absolute Gasteiger partial charge is 0.131 e. The van der Waals surface area contributed by atoms with Gasteiger partial charge >= 0.3 is 0 Å². The van der Waals surface area contributed by atoms with E-state index in [2.05, 4.69) is 9.97 Å². The maximum Gasteiger partial charge on any atom is 0.131 e. The Kier molecular flexibility index (Phi) is 3.57. The highest BCUT2D eigenvalue weighted by atomic mass is 35.5. The topological polar surface area (TPSA) is 25.8 Å². The number of aromatic nitrogens is 2. The molecule has 2 rings (SSSR count). The Morgan fingerprint density at radius 2 is 2.07 bits per heavy atom. The summed E-state index contributed by atoms with van der Waals surface area (Å²) in [5, 5.41) is 0. The van der Waals surface area contributed by atoms with Crippen LogP contribution in [0.5, 0.6) is 0 Å². The van der Waals surface area contributed by atoms with E-state index >= 15 is 0 Å². The van der Waals surface area contributed by atoms with Gasteiger partial charge in [-0.1, -0.05) is 19.3 Å². The van der Waals surface area contributed by atoms with Crippen LogP contribution in [-0.4, -0.2) is 9.97 Å². The predicted octanol–water partition coefficient (Wildman–Crippen LogP) is 3.57. The van der Waals surface area contributed by atoms with Crippen molar-refractivity contribution in [3.8, 4) is 0 Å². The third kappa shape index (κ3) is 2.49. The van der Waals surface area contributed by atoms with Crippen LogP contribution < -0.4 is 0 Å². The Bertz CT molecular complexity index is 332. The van der Waals surface area contributed by atoms with Gasteiger partial charge in [0.1, 0.15) is 5.82 Å². The summed E-state index contributed by atoms with van der Waals surface area (Å²) in [7, 11) is 0. The molecule has 0 unspecified atom stereocenters. The quantitative estimate of drug-likeness (QED) is 0.718. The molecule has 82 valence electrons. The summed E-state index contributed by atoms with van der Waals surface area (Å²) in [6.07, 6.45) is 8.41. The van der Waals surface area contributed by atoms with Crippen molar-refractivity contribution in [2.24, 2.45) is 0 Å². The molecule has 3 heteroatoms. The maximum atomic E-state index is 5.79. The molecule has 0 radical (unpaired) electrons. The zero-order valence-corrected chi connectivity index (χ0v) is 9.93. The van der Waals surface area contributed by atoms with E-state index < -0.39 is 0 Å². The van der Waals surface area contributed by atoms with Gasteiger partial charge in [-0.3, -0.25) is 0 Å². The average Bonchev–Trinajstić information content (AvgIpc) is 2.30. The van der Waals surface area contributed by atoms with Gasteiger partial charge in [0.15, 0.2) is 0 Å². The first-order valence-electron chi connectivity index (χ1n) is 5.69. The molecule has 0 aromatic carbocycles. The zero-order valence-electron chi connectivity index (χ0n) is 9.17. The number of aryl methyl sites for hydroxylation is 1. The van der Waals surface area contributed by atoms with Gasteiger partial charge < -0.3 is 0 Å². The van der Waals surface area contributed by atoms with Crippen LogP contribution in [0, 0.1) is 6.92 Å². The molecular weight excluding hydrogens is 208 g/mol. The van der Waals surface area contributed by atoms with Crippen LogP contribution in [0.15, 0.2) is 6.20 Å². The molecule has 1 saturated carbocycles. The summed E-state index contributed by atoms with van der Waals surface area (Å²) < 4.78 is 0. The molecule has 0 N–H and O–H groups in total. The van der Waals surface area contributed by atoms with Gasteiger partial charge in [0.05, 0.1) is 5.88 Å². The van der Waals surface area contributed by atoms with E-state index in [-0.39, 0.29) is 0 Å². The number of alkyl halides is 1. The lowest BCUT2D eigenvalue weighted by molar-refractivity contribution is 0.427. The maximum absolute atomic E-state index is 5.79. The summed E-state index contributed by atoms with van der Waals surface area (Å²) in [6.45, 7) is 2.02. The van der Waals surface area contributed by atoms with E-state index in [1.165, 1.54) is 32.1 Å². The van der Waals surface area contributed by atoms with Gasteiger partial charge in [-0.05, 0) is 19.8 Å². The molecule has 0 aliphatic heterocycles. The molecule has 2 nitrogen and oxygen atoms in total. The fourth-order valence-electron chi connectivity index (χ4n) is 2.20. The highest BCUT2D eigenvalue weighted by Gasteiger charge is 2.18. The van der Waals surface area contributed by atoms with Gasteiger partial charge in [-0.2, -0.15) is 0 Å². The van der Waals surface area contributed by atoms with Crippen LogP contribution in [-0.2, 0) is 5.88 Å². The lowest BCUT2D eigenvalue weighted by Gasteiger charge is -2.20. The summed E-state index contributed by atoms with van der Waals surface area (Å²) in [4.78, 5) is 9.01. The molecule has 1 aromatic heterocycles. The van der Waals surface area contributed by atoms with Gasteiger partial charge in [-0.25, -0.2) is 9.97 Å². The number of nitrogens with zero attached hydrogens (tertiary/aromatic N) is 2. The minimum absolute atomic E-state index is 0.511. The zero-order chi connectivity index (χ0) is 10.7. The van der Waals surface area contributed by atoms with Crippen LogP contribution in [0.1, 0.15) is 55.1 Å². The summed E-state index contributed by atoms with van der Waals surface area (Å²) >= 11 is 5.79. The third-order valence-corrected chi connectivity index (χ3v) is 3.50. The Morgan fingerprint density at radius 1 is 1.33 bits per heavy atom. The van der Waals surface area contributed by atoms with Crippen LogP contribution in [0.25, 0.3) is 0 Å². The fraction of sp³-hybridized carbons (Fsp3) is 0.667. The van der Waals surface area contributed by atoms with Crippen LogP contribution in [0.2, 0.25) is 0 Å². The van der Waals surface area contributed by atoms with Crippen molar-refractivity contribution in [2.75, 3.05) is 0 Å². The second kappa shape index (κ2) is 4.93. The normalized spacial score (nSPS) is 18.0. The molecule has 0 saturated heterocycles. The molecule has 1 aliphatic carbocycles. The van der Waals surface area contributed by atoms with Crippen molar-refractivity contribution >= 4 is 11.6 Å². The van der Waals surface area contributed by atoms with Gasteiger partial charge in [0, 0.05) is 23.4 Å². The van der Waals surface area contributed by atoms with Crippen LogP contribution >= 0.6 is 11.6 Å². The van der Waals surface area contributed by atoms with Crippen molar-refractivity contribution in [3.05, 3.63) is 23.3 Å². The first kappa shape index (κ1) is 10.9. The Hall–Kier alpha value is -0.630. The van der Waals surface area contributed by atoms with Crippen molar-refractivity contribution in [1.29, 1.82) is 0 Å². The lowest BCUT2D eigenvalue weighted by atomic mass is 9.88. The first-order valence-corrected chi connectivity index (χ1v) is 6.23. The molecular formula is C12H17ClN2. The van der Waals surface area contributed by atoms with Crippen molar-refractivity contribution in [3.63, 3.8) is 0 Å². The summed E-state index contributed by atoms with van der Waals surface area (Å²) in [5.41, 5.74) is 2.09. The molecule has 0 atom stereocenters. The standard InChI is InChI=1S/C12H17ClN2/c1-9-11(7-13)8-14-12(15-9)10-5-3-2-4-6-10/h8,10H,2-7H2,1H3. The molecule has 1 fully saturated rings. The number of hydrogen-bond acceptors (Lipinski definition) is 2.